The summed E-state index contributed by atoms with van der Waals surface area (Å²) < 4.78 is 6.15. The van der Waals surface area contributed by atoms with Crippen LogP contribution in [0.5, 0.6) is 0 Å². The van der Waals surface area contributed by atoms with Crippen molar-refractivity contribution in [2.24, 2.45) is 14.1 Å². The smallest absolute Gasteiger partial charge is 0.291 e. The molecule has 0 N–H and O–H groups in total. The SMILES string of the molecule is Cn1ccc(CCn2ncc3c4sc(C(c5ccccc5)c5cccnc5)nc4n(C)c3c2=O)n1. The number of aryl methyl sites for hydroxylation is 4. The van der Waals surface area contributed by atoms with Crippen LogP contribution in [0.25, 0.3) is 21.3 Å². The summed E-state index contributed by atoms with van der Waals surface area (Å²) in [5.74, 6) is -0.0379. The minimum Gasteiger partial charge on any atom is -0.323 e. The van der Waals surface area contributed by atoms with Crippen LogP contribution in [0.1, 0.15) is 27.7 Å². The highest BCUT2D eigenvalue weighted by atomic mass is 32.1. The zero-order valence-electron chi connectivity index (χ0n) is 19.4. The Hall–Kier alpha value is -4.11. The Bertz CT molecular complexity index is 1660. The van der Waals surface area contributed by atoms with Crippen LogP contribution in [0.3, 0.4) is 0 Å². The van der Waals surface area contributed by atoms with Crippen LogP contribution in [0, 0.1) is 0 Å². The Morgan fingerprint density at radius 1 is 1.00 bits per heavy atom. The van der Waals surface area contributed by atoms with Crippen LogP contribution < -0.4 is 5.56 Å². The van der Waals surface area contributed by atoms with Gasteiger partial charge in [0.1, 0.15) is 10.5 Å². The molecule has 35 heavy (non-hydrogen) atoms. The van der Waals surface area contributed by atoms with E-state index in [-0.39, 0.29) is 11.5 Å². The van der Waals surface area contributed by atoms with E-state index in [0.717, 1.165) is 37.6 Å². The summed E-state index contributed by atoms with van der Waals surface area (Å²) in [7, 11) is 3.79. The summed E-state index contributed by atoms with van der Waals surface area (Å²) in [5, 5.41) is 10.7. The molecular formula is C26H23N7OS. The van der Waals surface area contributed by atoms with Gasteiger partial charge in [-0.3, -0.25) is 14.5 Å². The number of hydrogen-bond donors (Lipinski definition) is 0. The van der Waals surface area contributed by atoms with E-state index in [1.54, 1.807) is 28.4 Å². The molecule has 0 aliphatic heterocycles. The predicted octanol–water partition coefficient (Wildman–Crippen LogP) is 3.90. The first-order chi connectivity index (χ1) is 17.1. The van der Waals surface area contributed by atoms with Gasteiger partial charge in [-0.25, -0.2) is 9.67 Å². The number of rotatable bonds is 6. The summed E-state index contributed by atoms with van der Waals surface area (Å²) in [6.07, 6.45) is 8.01. The molecule has 1 unspecified atom stereocenters. The van der Waals surface area contributed by atoms with E-state index in [1.807, 2.05) is 61.4 Å². The predicted molar refractivity (Wildman–Crippen MR) is 137 cm³/mol. The zero-order chi connectivity index (χ0) is 23.9. The molecule has 9 heteroatoms. The second-order valence-electron chi connectivity index (χ2n) is 8.56. The maximum atomic E-state index is 13.3. The summed E-state index contributed by atoms with van der Waals surface area (Å²) in [6.45, 7) is 0.473. The number of fused-ring (bicyclic) bond motifs is 3. The molecule has 8 nitrogen and oxygen atoms in total. The molecule has 6 rings (SSSR count). The van der Waals surface area contributed by atoms with Crippen LogP contribution in [0.2, 0.25) is 0 Å². The topological polar surface area (TPSA) is 83.4 Å². The number of aromatic nitrogens is 7. The first kappa shape index (κ1) is 21.4. The molecule has 0 bridgehead atoms. The van der Waals surface area contributed by atoms with Gasteiger partial charge in [-0.2, -0.15) is 10.2 Å². The number of benzene rings is 1. The van der Waals surface area contributed by atoms with E-state index < -0.39 is 0 Å². The van der Waals surface area contributed by atoms with Crippen molar-refractivity contribution < 1.29 is 0 Å². The summed E-state index contributed by atoms with van der Waals surface area (Å²) in [6, 6.07) is 16.3. The van der Waals surface area contributed by atoms with Crippen molar-refractivity contribution in [3.63, 3.8) is 0 Å². The second kappa shape index (κ2) is 8.59. The van der Waals surface area contributed by atoms with Crippen LogP contribution >= 0.6 is 11.3 Å². The van der Waals surface area contributed by atoms with Crippen molar-refractivity contribution in [1.82, 2.24) is 34.1 Å². The van der Waals surface area contributed by atoms with Gasteiger partial charge in [-0.1, -0.05) is 36.4 Å². The van der Waals surface area contributed by atoms with Crippen molar-refractivity contribution in [2.45, 2.75) is 18.9 Å². The Balaban J connectivity index is 1.43. The Morgan fingerprint density at radius 2 is 1.83 bits per heavy atom. The van der Waals surface area contributed by atoms with Crippen LogP contribution in [0.4, 0.5) is 0 Å². The van der Waals surface area contributed by atoms with Crippen molar-refractivity contribution in [3.05, 3.63) is 106 Å². The van der Waals surface area contributed by atoms with Gasteiger partial charge in [0, 0.05) is 44.5 Å². The van der Waals surface area contributed by atoms with E-state index in [1.165, 1.54) is 4.68 Å². The molecule has 174 valence electrons. The minimum absolute atomic E-state index is 0.0379. The van der Waals surface area contributed by atoms with Gasteiger partial charge in [-0.05, 0) is 23.3 Å². The maximum Gasteiger partial charge on any atom is 0.291 e. The van der Waals surface area contributed by atoms with Gasteiger partial charge in [0.25, 0.3) is 5.56 Å². The highest BCUT2D eigenvalue weighted by molar-refractivity contribution is 7.19. The van der Waals surface area contributed by atoms with Crippen molar-refractivity contribution in [1.29, 1.82) is 0 Å². The van der Waals surface area contributed by atoms with Crippen molar-refractivity contribution >= 4 is 32.6 Å². The summed E-state index contributed by atoms with van der Waals surface area (Å²) in [5.41, 5.74) is 4.48. The molecule has 6 aromatic rings. The molecule has 5 aromatic heterocycles. The fourth-order valence-corrected chi connectivity index (χ4v) is 5.84. The maximum absolute atomic E-state index is 13.3. The lowest BCUT2D eigenvalue weighted by Crippen LogP contribution is -2.25. The Morgan fingerprint density at radius 3 is 2.57 bits per heavy atom. The zero-order valence-corrected chi connectivity index (χ0v) is 20.2. The normalized spacial score (nSPS) is 12.5. The molecule has 0 saturated heterocycles. The molecule has 0 amide bonds. The highest BCUT2D eigenvalue weighted by Gasteiger charge is 2.24. The standard InChI is InChI=1S/C26H23N7OS/c1-31-13-10-19(30-31)11-14-33-26(34)22-20(16-28-33)23-24(32(22)2)29-25(35-23)21(17-7-4-3-5-8-17)18-9-6-12-27-15-18/h3-10,12-13,15-16,21H,11,14H2,1-2H3. The molecule has 0 fully saturated rings. The van der Waals surface area contributed by atoms with Crippen molar-refractivity contribution in [3.8, 4) is 0 Å². The highest BCUT2D eigenvalue weighted by Crippen LogP contribution is 2.39. The lowest BCUT2D eigenvalue weighted by Gasteiger charge is -2.15. The molecule has 1 atom stereocenters. The monoisotopic (exact) mass is 481 g/mol. The lowest BCUT2D eigenvalue weighted by molar-refractivity contribution is 0.572. The number of nitrogens with zero attached hydrogens (tertiary/aromatic N) is 7. The molecule has 0 spiro atoms. The van der Waals surface area contributed by atoms with Gasteiger partial charge in [-0.15, -0.1) is 11.3 Å². The average Bonchev–Trinajstić information content (AvgIpc) is 3.56. The molecule has 0 saturated carbocycles. The molecule has 5 heterocycles. The fourth-order valence-electron chi connectivity index (χ4n) is 4.58. The second-order valence-corrected chi connectivity index (χ2v) is 9.59. The third kappa shape index (κ3) is 3.74. The third-order valence-electron chi connectivity index (χ3n) is 6.29. The van der Waals surface area contributed by atoms with E-state index in [4.69, 9.17) is 4.98 Å². The quantitative estimate of drug-likeness (QED) is 0.360. The van der Waals surface area contributed by atoms with Gasteiger partial charge >= 0.3 is 0 Å². The van der Waals surface area contributed by atoms with E-state index >= 15 is 0 Å². The number of hydrogen-bond acceptors (Lipinski definition) is 6. The van der Waals surface area contributed by atoms with E-state index in [2.05, 4.69) is 33.4 Å². The Labute approximate surface area is 205 Å². The first-order valence-corrected chi connectivity index (χ1v) is 12.2. The van der Waals surface area contributed by atoms with Crippen LogP contribution in [0.15, 0.2) is 78.1 Å². The number of pyridine rings is 1. The van der Waals surface area contributed by atoms with Gasteiger partial charge in [0.05, 0.1) is 29.1 Å². The van der Waals surface area contributed by atoms with E-state index in [9.17, 15) is 4.79 Å². The van der Waals surface area contributed by atoms with Crippen molar-refractivity contribution in [2.75, 3.05) is 0 Å². The molecule has 1 aromatic carbocycles. The first-order valence-electron chi connectivity index (χ1n) is 11.4. The van der Waals surface area contributed by atoms with E-state index in [0.29, 0.717) is 18.5 Å². The molecule has 0 aliphatic rings. The fraction of sp³-hybridized carbons (Fsp3) is 0.192. The van der Waals surface area contributed by atoms with Gasteiger partial charge < -0.3 is 4.57 Å². The molecule has 0 aliphatic carbocycles. The summed E-state index contributed by atoms with van der Waals surface area (Å²) >= 11 is 1.61. The largest absolute Gasteiger partial charge is 0.323 e. The summed E-state index contributed by atoms with van der Waals surface area (Å²) in [4.78, 5) is 22.7. The van der Waals surface area contributed by atoms with Crippen LogP contribution in [-0.2, 0) is 27.1 Å². The molecule has 0 radical (unpaired) electrons. The van der Waals surface area contributed by atoms with Gasteiger partial charge in [0.2, 0.25) is 0 Å². The third-order valence-corrected chi connectivity index (χ3v) is 7.43. The Kier molecular flexibility index (Phi) is 5.26. The average molecular weight is 482 g/mol. The lowest BCUT2D eigenvalue weighted by atomic mass is 9.93. The van der Waals surface area contributed by atoms with Crippen LogP contribution in [-0.4, -0.2) is 34.1 Å². The molecular weight excluding hydrogens is 458 g/mol. The number of thiazole rings is 1. The minimum atomic E-state index is -0.112. The van der Waals surface area contributed by atoms with Gasteiger partial charge in [0.15, 0.2) is 5.65 Å².